The van der Waals surface area contributed by atoms with Crippen molar-refractivity contribution >= 4 is 17.3 Å². The molecule has 0 saturated carbocycles. The van der Waals surface area contributed by atoms with E-state index < -0.39 is 0 Å². The molecule has 1 heterocycles. The van der Waals surface area contributed by atoms with E-state index in [2.05, 4.69) is 23.2 Å². The Morgan fingerprint density at radius 2 is 2.40 bits per heavy atom. The molecule has 78 valence electrons. The highest BCUT2D eigenvalue weighted by molar-refractivity contribution is 6.33. The molecule has 0 radical (unpaired) electrons. The largest absolute Gasteiger partial charge is 0.383 e. The summed E-state index contributed by atoms with van der Waals surface area (Å²) in [5, 5.41) is 4.20. The van der Waals surface area contributed by atoms with E-state index in [0.717, 1.165) is 30.1 Å². The Bertz CT molecular complexity index is 414. The van der Waals surface area contributed by atoms with Gasteiger partial charge in [0.15, 0.2) is 0 Å². The van der Waals surface area contributed by atoms with Gasteiger partial charge >= 0.3 is 0 Å². The fourth-order valence-corrected chi connectivity index (χ4v) is 2.28. The summed E-state index contributed by atoms with van der Waals surface area (Å²) in [4.78, 5) is 0. The molecular weight excluding hydrogens is 206 g/mol. The molecule has 0 aliphatic carbocycles. The smallest absolute Gasteiger partial charge is 0.0640 e. The summed E-state index contributed by atoms with van der Waals surface area (Å²) in [6.45, 7) is 2.88. The second-order valence-corrected chi connectivity index (χ2v) is 4.15. The van der Waals surface area contributed by atoms with Crippen molar-refractivity contribution in [2.24, 2.45) is 0 Å². The van der Waals surface area contributed by atoms with Crippen LogP contribution in [0.4, 0.5) is 5.69 Å². The minimum absolute atomic E-state index is 0.569. The summed E-state index contributed by atoms with van der Waals surface area (Å²) in [5.41, 5.74) is 2.47. The molecule has 2 heteroatoms. The van der Waals surface area contributed by atoms with E-state index in [1.807, 2.05) is 19.1 Å². The van der Waals surface area contributed by atoms with Gasteiger partial charge in [-0.2, -0.15) is 0 Å². The van der Waals surface area contributed by atoms with Crippen LogP contribution in [0.2, 0.25) is 5.02 Å². The monoisotopic (exact) mass is 219 g/mol. The molecule has 1 N–H and O–H groups in total. The lowest BCUT2D eigenvalue weighted by Gasteiger charge is -2.07. The van der Waals surface area contributed by atoms with E-state index in [1.165, 1.54) is 5.56 Å². The van der Waals surface area contributed by atoms with E-state index in [9.17, 15) is 0 Å². The Morgan fingerprint density at radius 1 is 1.53 bits per heavy atom. The number of para-hydroxylation sites is 1. The number of hydrogen-bond acceptors (Lipinski definition) is 1. The molecule has 0 spiro atoms. The summed E-state index contributed by atoms with van der Waals surface area (Å²) in [6.07, 6.45) is 2.08. The Labute approximate surface area is 95.8 Å². The average molecular weight is 220 g/mol. The number of hydrogen-bond donors (Lipinski definition) is 1. The SMILES string of the molecule is CC#CCCC1CNc2c(Cl)cccc21. The van der Waals surface area contributed by atoms with Gasteiger partial charge in [-0.3, -0.25) is 0 Å². The van der Waals surface area contributed by atoms with Crippen molar-refractivity contribution in [3.8, 4) is 11.8 Å². The van der Waals surface area contributed by atoms with Crippen LogP contribution in [0.1, 0.15) is 31.2 Å². The minimum Gasteiger partial charge on any atom is -0.383 e. The first kappa shape index (κ1) is 10.4. The van der Waals surface area contributed by atoms with Crippen molar-refractivity contribution in [2.45, 2.75) is 25.7 Å². The number of nitrogens with one attached hydrogen (secondary N) is 1. The van der Waals surface area contributed by atoms with Crippen LogP contribution in [0.3, 0.4) is 0 Å². The van der Waals surface area contributed by atoms with Gasteiger partial charge in [0.2, 0.25) is 0 Å². The van der Waals surface area contributed by atoms with Crippen molar-refractivity contribution in [3.63, 3.8) is 0 Å². The molecule has 2 rings (SSSR count). The Balaban J connectivity index is 2.13. The van der Waals surface area contributed by atoms with Crippen LogP contribution < -0.4 is 5.32 Å². The predicted octanol–water partition coefficient (Wildman–Crippen LogP) is 3.65. The fourth-order valence-electron chi connectivity index (χ4n) is 2.03. The summed E-state index contributed by atoms with van der Waals surface area (Å²) in [6, 6.07) is 6.11. The van der Waals surface area contributed by atoms with Gasteiger partial charge in [-0.25, -0.2) is 0 Å². The topological polar surface area (TPSA) is 12.0 Å². The molecule has 0 bridgehead atoms. The highest BCUT2D eigenvalue weighted by Crippen LogP contribution is 2.38. The molecule has 1 atom stereocenters. The predicted molar refractivity (Wildman–Crippen MR) is 65.4 cm³/mol. The Morgan fingerprint density at radius 3 is 3.20 bits per heavy atom. The van der Waals surface area contributed by atoms with Gasteiger partial charge in [0.05, 0.1) is 10.7 Å². The number of halogens is 1. The van der Waals surface area contributed by atoms with Gasteiger partial charge < -0.3 is 5.32 Å². The standard InChI is InChI=1S/C13H14ClN/c1-2-3-4-6-10-9-15-13-11(10)7-5-8-12(13)14/h5,7-8,10,15H,4,6,9H2,1H3. The van der Waals surface area contributed by atoms with Crippen LogP contribution >= 0.6 is 11.6 Å². The summed E-state index contributed by atoms with van der Waals surface area (Å²) < 4.78 is 0. The number of fused-ring (bicyclic) bond motifs is 1. The van der Waals surface area contributed by atoms with Crippen LogP contribution in [0, 0.1) is 11.8 Å². The molecule has 1 aromatic carbocycles. The molecule has 0 aromatic heterocycles. The molecule has 1 aliphatic rings. The first-order chi connectivity index (χ1) is 7.33. The van der Waals surface area contributed by atoms with Gasteiger partial charge in [-0.1, -0.05) is 23.7 Å². The van der Waals surface area contributed by atoms with Crippen LogP contribution in [-0.2, 0) is 0 Å². The third-order valence-electron chi connectivity index (χ3n) is 2.81. The molecule has 0 saturated heterocycles. The lowest BCUT2D eigenvalue weighted by molar-refractivity contribution is 0.693. The number of benzene rings is 1. The van der Waals surface area contributed by atoms with Gasteiger partial charge in [0, 0.05) is 18.9 Å². The maximum atomic E-state index is 6.11. The normalized spacial score (nSPS) is 17.6. The van der Waals surface area contributed by atoms with Crippen molar-refractivity contribution in [3.05, 3.63) is 28.8 Å². The number of anilines is 1. The van der Waals surface area contributed by atoms with Gasteiger partial charge in [0.1, 0.15) is 0 Å². The zero-order valence-electron chi connectivity index (χ0n) is 8.81. The maximum absolute atomic E-state index is 6.11. The third kappa shape index (κ3) is 2.11. The second-order valence-electron chi connectivity index (χ2n) is 3.75. The molecule has 1 nitrogen and oxygen atoms in total. The number of rotatable bonds is 2. The molecule has 1 unspecified atom stereocenters. The van der Waals surface area contributed by atoms with Crippen molar-refractivity contribution in [1.82, 2.24) is 0 Å². The lowest BCUT2D eigenvalue weighted by Crippen LogP contribution is -2.01. The molecular formula is C13H14ClN. The van der Waals surface area contributed by atoms with E-state index in [-0.39, 0.29) is 0 Å². The first-order valence-corrected chi connectivity index (χ1v) is 5.62. The van der Waals surface area contributed by atoms with Crippen LogP contribution in [0.25, 0.3) is 0 Å². The Hall–Kier alpha value is -1.13. The average Bonchev–Trinajstić information content (AvgIpc) is 2.64. The molecule has 0 amide bonds. The van der Waals surface area contributed by atoms with Gasteiger partial charge in [-0.15, -0.1) is 11.8 Å². The van der Waals surface area contributed by atoms with Crippen molar-refractivity contribution in [2.75, 3.05) is 11.9 Å². The molecule has 1 aliphatic heterocycles. The Kier molecular flexibility index (Phi) is 3.18. The van der Waals surface area contributed by atoms with Crippen LogP contribution in [0.5, 0.6) is 0 Å². The molecule has 1 aromatic rings. The zero-order chi connectivity index (χ0) is 10.7. The molecule has 15 heavy (non-hydrogen) atoms. The summed E-state index contributed by atoms with van der Waals surface area (Å²) >= 11 is 6.11. The van der Waals surface area contributed by atoms with Gasteiger partial charge in [0.25, 0.3) is 0 Å². The van der Waals surface area contributed by atoms with E-state index >= 15 is 0 Å². The zero-order valence-corrected chi connectivity index (χ0v) is 9.56. The quantitative estimate of drug-likeness (QED) is 0.749. The summed E-state index contributed by atoms with van der Waals surface area (Å²) in [7, 11) is 0. The fraction of sp³-hybridized carbons (Fsp3) is 0.385. The lowest BCUT2D eigenvalue weighted by atomic mass is 9.96. The third-order valence-corrected chi connectivity index (χ3v) is 3.12. The highest BCUT2D eigenvalue weighted by atomic mass is 35.5. The van der Waals surface area contributed by atoms with E-state index in [0.29, 0.717) is 5.92 Å². The van der Waals surface area contributed by atoms with E-state index in [4.69, 9.17) is 11.6 Å². The van der Waals surface area contributed by atoms with Gasteiger partial charge in [-0.05, 0) is 25.0 Å². The second kappa shape index (κ2) is 4.59. The minimum atomic E-state index is 0.569. The highest BCUT2D eigenvalue weighted by Gasteiger charge is 2.22. The van der Waals surface area contributed by atoms with Crippen LogP contribution in [-0.4, -0.2) is 6.54 Å². The van der Waals surface area contributed by atoms with E-state index in [1.54, 1.807) is 0 Å². The molecule has 0 fully saturated rings. The maximum Gasteiger partial charge on any atom is 0.0640 e. The summed E-state index contributed by atoms with van der Waals surface area (Å²) in [5.74, 6) is 6.61. The van der Waals surface area contributed by atoms with Crippen LogP contribution in [0.15, 0.2) is 18.2 Å². The van der Waals surface area contributed by atoms with Crippen molar-refractivity contribution in [1.29, 1.82) is 0 Å². The van der Waals surface area contributed by atoms with Crippen molar-refractivity contribution < 1.29 is 0 Å². The first-order valence-electron chi connectivity index (χ1n) is 5.25.